The van der Waals surface area contributed by atoms with Crippen LogP contribution in [0.15, 0.2) is 40.7 Å². The van der Waals surface area contributed by atoms with E-state index in [9.17, 15) is 0 Å². The Kier molecular flexibility index (Phi) is 8.25. The Hall–Kier alpha value is -2.08. The Morgan fingerprint density at radius 1 is 1.20 bits per heavy atom. The third-order valence-corrected chi connectivity index (χ3v) is 4.79. The Morgan fingerprint density at radius 2 is 1.96 bits per heavy atom. The van der Waals surface area contributed by atoms with Crippen molar-refractivity contribution in [3.05, 3.63) is 46.4 Å². The first kappa shape index (κ1) is 19.2. The Balaban J connectivity index is 1.65. The molecule has 0 bridgehead atoms. The summed E-state index contributed by atoms with van der Waals surface area (Å²) in [7, 11) is 1.81. The van der Waals surface area contributed by atoms with Gasteiger partial charge in [0.1, 0.15) is 0 Å². The fourth-order valence-electron chi connectivity index (χ4n) is 2.64. The topological polar surface area (TPSA) is 52.5 Å². The minimum atomic E-state index is 0.841. The molecule has 2 rings (SSSR count). The highest BCUT2D eigenvalue weighted by Crippen LogP contribution is 2.12. The molecule has 6 heteroatoms. The number of nitrogens with zero attached hydrogens (tertiary/aromatic N) is 3. The molecule has 2 N–H and O–H groups in total. The molecule has 0 aliphatic rings. The third-order valence-electron chi connectivity index (χ3n) is 3.96. The minimum absolute atomic E-state index is 0.841. The molecule has 0 aliphatic heterocycles. The lowest BCUT2D eigenvalue weighted by Crippen LogP contribution is -2.39. The third kappa shape index (κ3) is 6.74. The van der Waals surface area contributed by atoms with E-state index >= 15 is 0 Å². The zero-order chi connectivity index (χ0) is 17.9. The molecule has 0 unspecified atom stereocenters. The van der Waals surface area contributed by atoms with Crippen molar-refractivity contribution in [3.63, 3.8) is 0 Å². The summed E-state index contributed by atoms with van der Waals surface area (Å²) in [6, 6.07) is 10.6. The predicted molar refractivity (Wildman–Crippen MR) is 109 cm³/mol. The first-order valence-corrected chi connectivity index (χ1v) is 9.76. The maximum atomic E-state index is 4.48. The van der Waals surface area contributed by atoms with E-state index in [4.69, 9.17) is 0 Å². The number of para-hydroxylation sites is 1. The smallest absolute Gasteiger partial charge is 0.190 e. The van der Waals surface area contributed by atoms with E-state index in [2.05, 4.69) is 68.1 Å². The van der Waals surface area contributed by atoms with Gasteiger partial charge in [-0.2, -0.15) is 0 Å². The summed E-state index contributed by atoms with van der Waals surface area (Å²) in [6.07, 6.45) is 1.98. The highest BCUT2D eigenvalue weighted by molar-refractivity contribution is 7.09. The number of benzene rings is 1. The van der Waals surface area contributed by atoms with Crippen LogP contribution in [0.4, 0.5) is 5.69 Å². The van der Waals surface area contributed by atoms with Crippen molar-refractivity contribution in [3.8, 4) is 0 Å². The van der Waals surface area contributed by atoms with E-state index < -0.39 is 0 Å². The van der Waals surface area contributed by atoms with Gasteiger partial charge in [0.05, 0.1) is 10.7 Å². The van der Waals surface area contributed by atoms with Gasteiger partial charge in [-0.05, 0) is 32.4 Å². The number of hydrogen-bond acceptors (Lipinski definition) is 4. The molecule has 1 aromatic carbocycles. The SMILES string of the molecule is CCN(CCCNC(=NC)NCCc1csc(C)n1)c1ccccc1. The van der Waals surface area contributed by atoms with Gasteiger partial charge in [0.2, 0.25) is 0 Å². The molecule has 1 heterocycles. The van der Waals surface area contributed by atoms with Crippen molar-refractivity contribution in [2.75, 3.05) is 38.1 Å². The van der Waals surface area contributed by atoms with Crippen molar-refractivity contribution < 1.29 is 0 Å². The van der Waals surface area contributed by atoms with E-state index in [1.165, 1.54) is 5.69 Å². The number of rotatable bonds is 9. The highest BCUT2D eigenvalue weighted by Gasteiger charge is 2.04. The van der Waals surface area contributed by atoms with Gasteiger partial charge in [-0.3, -0.25) is 4.99 Å². The number of aliphatic imine (C=N–C) groups is 1. The Morgan fingerprint density at radius 3 is 2.60 bits per heavy atom. The van der Waals surface area contributed by atoms with Crippen molar-refractivity contribution in [1.29, 1.82) is 0 Å². The van der Waals surface area contributed by atoms with E-state index in [1.54, 1.807) is 11.3 Å². The van der Waals surface area contributed by atoms with Gasteiger partial charge < -0.3 is 15.5 Å². The summed E-state index contributed by atoms with van der Waals surface area (Å²) < 4.78 is 0. The van der Waals surface area contributed by atoms with Crippen molar-refractivity contribution in [2.24, 2.45) is 4.99 Å². The normalized spacial score (nSPS) is 11.4. The fourth-order valence-corrected chi connectivity index (χ4v) is 3.29. The summed E-state index contributed by atoms with van der Waals surface area (Å²) in [5.74, 6) is 0.856. The van der Waals surface area contributed by atoms with Crippen molar-refractivity contribution in [1.82, 2.24) is 15.6 Å². The summed E-state index contributed by atoms with van der Waals surface area (Å²) in [4.78, 5) is 11.2. The van der Waals surface area contributed by atoms with Crippen LogP contribution in [0.1, 0.15) is 24.0 Å². The van der Waals surface area contributed by atoms with Crippen molar-refractivity contribution in [2.45, 2.75) is 26.7 Å². The highest BCUT2D eigenvalue weighted by atomic mass is 32.1. The number of thiazole rings is 1. The number of hydrogen-bond donors (Lipinski definition) is 2. The zero-order valence-corrected chi connectivity index (χ0v) is 16.3. The number of aromatic nitrogens is 1. The number of guanidine groups is 1. The summed E-state index contributed by atoms with van der Waals surface area (Å²) >= 11 is 1.70. The minimum Gasteiger partial charge on any atom is -0.372 e. The van der Waals surface area contributed by atoms with Crippen molar-refractivity contribution >= 4 is 23.0 Å². The molecule has 5 nitrogen and oxygen atoms in total. The monoisotopic (exact) mass is 359 g/mol. The number of aryl methyl sites for hydroxylation is 1. The molecule has 0 fully saturated rings. The lowest BCUT2D eigenvalue weighted by Gasteiger charge is -2.23. The lowest BCUT2D eigenvalue weighted by atomic mass is 10.2. The average molecular weight is 360 g/mol. The zero-order valence-electron chi connectivity index (χ0n) is 15.5. The fraction of sp³-hybridized carbons (Fsp3) is 0.474. The van der Waals surface area contributed by atoms with Gasteiger partial charge in [0.15, 0.2) is 5.96 Å². The molecule has 0 saturated carbocycles. The largest absolute Gasteiger partial charge is 0.372 e. The molecule has 0 radical (unpaired) electrons. The van der Waals surface area contributed by atoms with E-state index in [0.29, 0.717) is 0 Å². The van der Waals surface area contributed by atoms with Crippen LogP contribution in [-0.2, 0) is 6.42 Å². The van der Waals surface area contributed by atoms with Gasteiger partial charge in [-0.15, -0.1) is 11.3 Å². The maximum Gasteiger partial charge on any atom is 0.190 e. The van der Waals surface area contributed by atoms with Crippen LogP contribution in [-0.4, -0.2) is 44.2 Å². The molecule has 0 saturated heterocycles. The van der Waals surface area contributed by atoms with Gasteiger partial charge in [0.25, 0.3) is 0 Å². The van der Waals surface area contributed by atoms with Gasteiger partial charge >= 0.3 is 0 Å². The Bertz CT molecular complexity index is 638. The first-order valence-electron chi connectivity index (χ1n) is 8.88. The average Bonchev–Trinajstić information content (AvgIpc) is 3.06. The molecule has 0 spiro atoms. The number of anilines is 1. The standard InChI is InChI=1S/C19H29N5S/c1-4-24(18-9-6-5-7-10-18)14-8-12-21-19(20-3)22-13-11-17-15-25-16(2)23-17/h5-7,9-10,15H,4,8,11-14H2,1-3H3,(H2,20,21,22). The van der Waals surface area contributed by atoms with E-state index in [-0.39, 0.29) is 0 Å². The molecule has 136 valence electrons. The summed E-state index contributed by atoms with van der Waals surface area (Å²) in [6.45, 7) is 8.03. The second-order valence-electron chi connectivity index (χ2n) is 5.80. The van der Waals surface area contributed by atoms with Crippen LogP contribution in [0, 0.1) is 6.92 Å². The van der Waals surface area contributed by atoms with Crippen LogP contribution >= 0.6 is 11.3 Å². The van der Waals surface area contributed by atoms with Gasteiger partial charge in [-0.25, -0.2) is 4.98 Å². The molecular formula is C19H29N5S. The quantitative estimate of drug-likeness (QED) is 0.410. The van der Waals surface area contributed by atoms with Crippen LogP contribution in [0.2, 0.25) is 0 Å². The summed E-state index contributed by atoms with van der Waals surface area (Å²) in [5, 5.41) is 9.98. The molecule has 1 aromatic heterocycles. The molecule has 2 aromatic rings. The second kappa shape index (κ2) is 10.7. The molecule has 0 aliphatic carbocycles. The first-order chi connectivity index (χ1) is 12.2. The number of nitrogens with one attached hydrogen (secondary N) is 2. The second-order valence-corrected chi connectivity index (χ2v) is 6.86. The molecular weight excluding hydrogens is 330 g/mol. The van der Waals surface area contributed by atoms with Crippen LogP contribution in [0.5, 0.6) is 0 Å². The Labute approximate surface area is 155 Å². The summed E-state index contributed by atoms with van der Waals surface area (Å²) in [5.41, 5.74) is 2.43. The lowest BCUT2D eigenvalue weighted by molar-refractivity contribution is 0.706. The molecule has 0 amide bonds. The van der Waals surface area contributed by atoms with Gasteiger partial charge in [-0.1, -0.05) is 18.2 Å². The van der Waals surface area contributed by atoms with E-state index in [0.717, 1.165) is 55.7 Å². The van der Waals surface area contributed by atoms with Crippen LogP contribution in [0.3, 0.4) is 0 Å². The molecule has 25 heavy (non-hydrogen) atoms. The predicted octanol–water partition coefficient (Wildman–Crippen LogP) is 3.08. The van der Waals surface area contributed by atoms with E-state index in [1.807, 2.05) is 14.0 Å². The maximum absolute atomic E-state index is 4.48. The van der Waals surface area contributed by atoms with Crippen LogP contribution < -0.4 is 15.5 Å². The van der Waals surface area contributed by atoms with Gasteiger partial charge in [0, 0.05) is 50.7 Å². The molecule has 0 atom stereocenters. The van der Waals surface area contributed by atoms with Crippen LogP contribution in [0.25, 0.3) is 0 Å².